The number of amides is 2. The molecule has 1 fully saturated rings. The fourth-order valence-electron chi connectivity index (χ4n) is 4.57. The molecule has 2 aromatic rings. The first kappa shape index (κ1) is 37.6. The number of rotatable bonds is 8. The molecule has 15 nitrogen and oxygen atoms in total. The number of fused-ring (bicyclic) bond motifs is 1. The van der Waals surface area contributed by atoms with Gasteiger partial charge in [-0.25, -0.2) is 14.3 Å². The Labute approximate surface area is 274 Å². The molecule has 0 aliphatic carbocycles. The monoisotopic (exact) mass is 687 g/mol. The van der Waals surface area contributed by atoms with E-state index in [-0.39, 0.29) is 28.5 Å². The largest absolute Gasteiger partial charge is 0.481 e. The van der Waals surface area contributed by atoms with Crippen molar-refractivity contribution in [2.24, 2.45) is 5.92 Å². The van der Waals surface area contributed by atoms with Gasteiger partial charge in [-0.3, -0.25) is 4.79 Å². The van der Waals surface area contributed by atoms with E-state index in [0.29, 0.717) is 4.90 Å². The van der Waals surface area contributed by atoms with Crippen molar-refractivity contribution in [1.29, 1.82) is 0 Å². The number of nitrogens with zero attached hydrogens (tertiary/aromatic N) is 5. The molecule has 2 amide bonds. The number of aromatic nitrogens is 4. The van der Waals surface area contributed by atoms with Crippen molar-refractivity contribution < 1.29 is 48.3 Å². The molecule has 258 valence electrons. The molecular weight excluding hydrogens is 642 g/mol. The fourth-order valence-corrected chi connectivity index (χ4v) is 5.73. The van der Waals surface area contributed by atoms with E-state index in [1.54, 1.807) is 41.5 Å². The normalized spacial score (nSPS) is 22.6. The third kappa shape index (κ3) is 8.14. The quantitative estimate of drug-likeness (QED) is 0.251. The molecule has 1 unspecified atom stereocenters. The van der Waals surface area contributed by atoms with Gasteiger partial charge in [0.1, 0.15) is 22.9 Å². The molecule has 2 aromatic heterocycles. The number of hydrogen-bond acceptors (Lipinski definition) is 12. The van der Waals surface area contributed by atoms with Gasteiger partial charge in [0.25, 0.3) is 0 Å². The van der Waals surface area contributed by atoms with Gasteiger partial charge in [0.15, 0.2) is 26.0 Å². The average molecular weight is 688 g/mol. The van der Waals surface area contributed by atoms with Crippen LogP contribution in [0.3, 0.4) is 0 Å². The highest BCUT2D eigenvalue weighted by Gasteiger charge is 2.58. The van der Waals surface area contributed by atoms with Crippen molar-refractivity contribution in [2.45, 2.75) is 116 Å². The number of hydrogen-bond donors (Lipinski definition) is 3. The van der Waals surface area contributed by atoms with Crippen LogP contribution in [0.25, 0.3) is 11.0 Å². The van der Waals surface area contributed by atoms with Crippen LogP contribution in [-0.2, 0) is 23.4 Å². The Balaban J connectivity index is 2.18. The van der Waals surface area contributed by atoms with E-state index < -0.39 is 79.8 Å². The molecule has 0 spiro atoms. The highest BCUT2D eigenvalue weighted by Crippen LogP contribution is 2.46. The van der Waals surface area contributed by atoms with Gasteiger partial charge in [-0.15, -0.1) is 0 Å². The summed E-state index contributed by atoms with van der Waals surface area (Å²) < 4.78 is 24.7. The molecule has 0 bridgehead atoms. The lowest BCUT2D eigenvalue weighted by molar-refractivity contribution is -0.143. The highest BCUT2D eigenvalue weighted by molar-refractivity contribution is 6.74. The molecule has 0 aromatic carbocycles. The van der Waals surface area contributed by atoms with E-state index in [1.165, 1.54) is 10.9 Å². The van der Waals surface area contributed by atoms with Gasteiger partial charge in [-0.1, -0.05) is 20.8 Å². The van der Waals surface area contributed by atoms with Gasteiger partial charge in [0.05, 0.1) is 37.1 Å². The summed E-state index contributed by atoms with van der Waals surface area (Å²) in [5, 5.41) is 35.7. The number of aliphatic carboxylic acids is 1. The second-order valence-corrected chi connectivity index (χ2v) is 20.0. The molecule has 1 aliphatic rings. The molecular formula is C29H46ClN5O10Si. The van der Waals surface area contributed by atoms with E-state index in [9.17, 15) is 29.7 Å². The lowest BCUT2D eigenvalue weighted by Gasteiger charge is -2.38. The van der Waals surface area contributed by atoms with E-state index in [1.807, 2.05) is 33.9 Å². The molecule has 1 aliphatic heterocycles. The molecule has 4 atom stereocenters. The lowest BCUT2D eigenvalue weighted by atomic mass is 9.83. The third-order valence-corrected chi connectivity index (χ3v) is 12.6. The van der Waals surface area contributed by atoms with E-state index in [2.05, 4.69) is 15.1 Å². The van der Waals surface area contributed by atoms with E-state index >= 15 is 0 Å². The topological polar surface area (TPSA) is 196 Å². The SMILES string of the molecule is CC(C)(C)OC(=O)N(C(=O)OC(C)(C)C)c1nc(Cl)nc2c1cnn2[C@@H]1O[C@H](CO[Si](C)(C)C(C)(C)C)C(O)(CO)[C@H]1CC(=O)O. The third-order valence-electron chi connectivity index (χ3n) is 7.91. The summed E-state index contributed by atoms with van der Waals surface area (Å²) in [6.45, 7) is 18.9. The molecule has 0 radical (unpaired) electrons. The number of carbonyl (C=O) groups excluding carboxylic acids is 2. The number of ether oxygens (including phenoxy) is 3. The Morgan fingerprint density at radius 3 is 2.04 bits per heavy atom. The number of carbonyl (C=O) groups is 3. The molecule has 46 heavy (non-hydrogen) atoms. The first-order valence-corrected chi connectivity index (χ1v) is 18.1. The minimum atomic E-state index is -2.36. The number of anilines is 1. The maximum absolute atomic E-state index is 13.4. The van der Waals surface area contributed by atoms with Crippen molar-refractivity contribution in [2.75, 3.05) is 18.1 Å². The van der Waals surface area contributed by atoms with Gasteiger partial charge in [-0.2, -0.15) is 20.0 Å². The molecule has 0 saturated carbocycles. The van der Waals surface area contributed by atoms with Gasteiger partial charge in [-0.05, 0) is 71.3 Å². The number of aliphatic hydroxyl groups is 2. The van der Waals surface area contributed by atoms with Crippen LogP contribution in [0.15, 0.2) is 6.20 Å². The summed E-state index contributed by atoms with van der Waals surface area (Å²) >= 11 is 6.32. The molecule has 1 saturated heterocycles. The fraction of sp³-hybridized carbons (Fsp3) is 0.724. The molecule has 3 rings (SSSR count). The first-order chi connectivity index (χ1) is 20.8. The van der Waals surface area contributed by atoms with Crippen molar-refractivity contribution in [3.05, 3.63) is 11.5 Å². The standard InChI is InChI=1S/C29H46ClN5O10Si/c1-26(2,3)44-24(39)34(25(40)45-27(4,5)6)20-16-13-31-35(21(16)33-23(30)32-20)22-17(12-19(37)38)29(41,15-36)18(43-22)14-42-46(10,11)28(7,8)9/h13,17-18,22,36,41H,12,14-15H2,1-11H3,(H,37,38)/t17-,18+,22+,29?/m0/s1. The Morgan fingerprint density at radius 1 is 1.04 bits per heavy atom. The molecule has 3 heterocycles. The summed E-state index contributed by atoms with van der Waals surface area (Å²) in [4.78, 5) is 47.7. The maximum atomic E-state index is 13.4. The summed E-state index contributed by atoms with van der Waals surface area (Å²) in [6, 6.07) is 0. The zero-order chi connectivity index (χ0) is 35.2. The average Bonchev–Trinajstić information content (AvgIpc) is 3.38. The van der Waals surface area contributed by atoms with Crippen molar-refractivity contribution in [1.82, 2.24) is 19.7 Å². The van der Waals surface area contributed by atoms with Crippen LogP contribution >= 0.6 is 11.6 Å². The second kappa shape index (κ2) is 13.0. The van der Waals surface area contributed by atoms with E-state index in [0.717, 1.165) is 0 Å². The number of carboxylic acid groups (broad SMARTS) is 1. The van der Waals surface area contributed by atoms with Gasteiger partial charge in [0, 0.05) is 0 Å². The zero-order valence-corrected chi connectivity index (χ0v) is 30.0. The summed E-state index contributed by atoms with van der Waals surface area (Å²) in [5.74, 6) is -2.81. The van der Waals surface area contributed by atoms with Crippen LogP contribution in [0.1, 0.15) is 75.0 Å². The Morgan fingerprint density at radius 2 is 1.59 bits per heavy atom. The van der Waals surface area contributed by atoms with Crippen LogP contribution in [0.5, 0.6) is 0 Å². The smallest absolute Gasteiger partial charge is 0.425 e. The predicted octanol–water partition coefficient (Wildman–Crippen LogP) is 4.89. The predicted molar refractivity (Wildman–Crippen MR) is 170 cm³/mol. The molecule has 3 N–H and O–H groups in total. The Bertz CT molecular complexity index is 1440. The minimum absolute atomic E-state index is 0.0345. The first-order valence-electron chi connectivity index (χ1n) is 14.8. The summed E-state index contributed by atoms with van der Waals surface area (Å²) in [6.07, 6.45) is -4.05. The number of imide groups is 1. The second-order valence-electron chi connectivity index (χ2n) is 14.9. The van der Waals surface area contributed by atoms with Crippen LogP contribution in [0, 0.1) is 5.92 Å². The maximum Gasteiger partial charge on any atom is 0.425 e. The summed E-state index contributed by atoms with van der Waals surface area (Å²) in [7, 11) is -2.36. The van der Waals surface area contributed by atoms with E-state index in [4.69, 9.17) is 30.2 Å². The minimum Gasteiger partial charge on any atom is -0.481 e. The zero-order valence-electron chi connectivity index (χ0n) is 28.2. The number of carboxylic acids is 1. The Kier molecular flexibility index (Phi) is 10.6. The summed E-state index contributed by atoms with van der Waals surface area (Å²) in [5.41, 5.74) is -4.12. The van der Waals surface area contributed by atoms with Gasteiger partial charge >= 0.3 is 18.2 Å². The van der Waals surface area contributed by atoms with Crippen molar-refractivity contribution in [3.8, 4) is 0 Å². The van der Waals surface area contributed by atoms with Gasteiger partial charge < -0.3 is 34.0 Å². The lowest BCUT2D eigenvalue weighted by Crippen LogP contribution is -2.52. The molecule has 17 heteroatoms. The highest BCUT2D eigenvalue weighted by atomic mass is 35.5. The van der Waals surface area contributed by atoms with Crippen molar-refractivity contribution >= 4 is 54.9 Å². The van der Waals surface area contributed by atoms with Crippen LogP contribution in [-0.4, -0.2) is 97.7 Å². The number of halogens is 1. The van der Waals surface area contributed by atoms with Crippen molar-refractivity contribution in [3.63, 3.8) is 0 Å². The van der Waals surface area contributed by atoms with Crippen LogP contribution in [0.2, 0.25) is 23.4 Å². The van der Waals surface area contributed by atoms with Crippen LogP contribution in [0.4, 0.5) is 15.4 Å². The van der Waals surface area contributed by atoms with Gasteiger partial charge in [0.2, 0.25) is 5.28 Å². The number of aliphatic hydroxyl groups excluding tert-OH is 1. The Hall–Kier alpha value is -2.89. The van der Waals surface area contributed by atoms with Crippen LogP contribution < -0.4 is 4.90 Å².